The number of aromatic nitrogens is 2. The maximum absolute atomic E-state index is 13.7. The molecule has 0 radical (unpaired) electrons. The lowest BCUT2D eigenvalue weighted by molar-refractivity contribution is -0.132. The Kier molecular flexibility index (Phi) is 8.49. The van der Waals surface area contributed by atoms with E-state index in [9.17, 15) is 14.7 Å². The van der Waals surface area contributed by atoms with Gasteiger partial charge in [0, 0.05) is 17.7 Å². The van der Waals surface area contributed by atoms with Gasteiger partial charge in [0.15, 0.2) is 4.34 Å². The number of aliphatic hydroxyl groups is 1. The molecular weight excluding hydrogens is 583 g/mol. The van der Waals surface area contributed by atoms with Crippen LogP contribution in [-0.4, -0.2) is 39.7 Å². The molecule has 2 atom stereocenters. The number of ketones is 1. The number of ether oxygens (including phenoxy) is 2. The lowest BCUT2D eigenvalue weighted by Crippen LogP contribution is -2.29. The van der Waals surface area contributed by atoms with Crippen LogP contribution >= 0.6 is 23.1 Å². The van der Waals surface area contributed by atoms with Crippen LogP contribution in [0.1, 0.15) is 55.0 Å². The van der Waals surface area contributed by atoms with Gasteiger partial charge in [-0.1, -0.05) is 78.9 Å². The Morgan fingerprint density at radius 3 is 2.74 bits per heavy atom. The molecule has 1 fully saturated rings. The van der Waals surface area contributed by atoms with Gasteiger partial charge in [-0.05, 0) is 60.4 Å². The van der Waals surface area contributed by atoms with Gasteiger partial charge in [0.05, 0.1) is 18.2 Å². The number of carbonyl (C=O) groups excluding carboxylic acids is 2. The summed E-state index contributed by atoms with van der Waals surface area (Å²) >= 11 is 2.75. The van der Waals surface area contributed by atoms with Crippen LogP contribution in [0.3, 0.4) is 0 Å². The highest BCUT2D eigenvalue weighted by Crippen LogP contribution is 2.45. The molecule has 220 valence electrons. The van der Waals surface area contributed by atoms with Crippen molar-refractivity contribution in [3.63, 3.8) is 0 Å². The quantitative estimate of drug-likeness (QED) is 0.0512. The number of aliphatic hydroxyl groups excluding tert-OH is 1. The molecule has 1 amide bonds. The third-order valence-electron chi connectivity index (χ3n) is 7.36. The lowest BCUT2D eigenvalue weighted by atomic mass is 9.94. The Bertz CT molecular complexity index is 1690. The van der Waals surface area contributed by atoms with E-state index in [1.54, 1.807) is 12.1 Å². The summed E-state index contributed by atoms with van der Waals surface area (Å²) in [6.45, 7) is 4.62. The fraction of sp³-hybridized carbons (Fsp3) is 0.273. The number of hydrogen-bond donors (Lipinski definition) is 1. The van der Waals surface area contributed by atoms with Gasteiger partial charge in [-0.3, -0.25) is 14.5 Å². The number of anilines is 1. The number of carbonyl (C=O) groups is 2. The minimum Gasteiger partial charge on any atom is -0.507 e. The molecule has 0 unspecified atom stereocenters. The summed E-state index contributed by atoms with van der Waals surface area (Å²) in [6, 6.07) is 21.7. The first-order valence-corrected chi connectivity index (χ1v) is 16.1. The number of benzene rings is 3. The Labute approximate surface area is 258 Å². The highest BCUT2D eigenvalue weighted by Gasteiger charge is 2.48. The number of rotatable bonds is 10. The Balaban J connectivity index is 1.39. The fourth-order valence-electron chi connectivity index (χ4n) is 5.26. The molecule has 43 heavy (non-hydrogen) atoms. The zero-order valence-corrected chi connectivity index (χ0v) is 25.5. The minimum atomic E-state index is -0.918. The summed E-state index contributed by atoms with van der Waals surface area (Å²) in [4.78, 5) is 28.7. The number of thioether (sulfide) groups is 1. The van der Waals surface area contributed by atoms with E-state index in [0.29, 0.717) is 40.0 Å². The van der Waals surface area contributed by atoms with E-state index in [1.165, 1.54) is 28.0 Å². The summed E-state index contributed by atoms with van der Waals surface area (Å²) in [6.07, 6.45) is 2.61. The molecule has 3 aromatic carbocycles. The maximum atomic E-state index is 13.7. The second-order valence-electron chi connectivity index (χ2n) is 10.5. The van der Waals surface area contributed by atoms with E-state index in [-0.39, 0.29) is 22.6 Å². The van der Waals surface area contributed by atoms with Crippen molar-refractivity contribution in [1.29, 1.82) is 0 Å². The van der Waals surface area contributed by atoms with Gasteiger partial charge in [0.1, 0.15) is 23.4 Å². The molecule has 2 aliphatic heterocycles. The van der Waals surface area contributed by atoms with Gasteiger partial charge < -0.3 is 14.6 Å². The van der Waals surface area contributed by atoms with Crippen LogP contribution < -0.4 is 14.4 Å². The average molecular weight is 614 g/mol. The molecule has 2 aliphatic rings. The van der Waals surface area contributed by atoms with E-state index in [0.717, 1.165) is 29.7 Å². The summed E-state index contributed by atoms with van der Waals surface area (Å²) in [7, 11) is 0. The van der Waals surface area contributed by atoms with Crippen molar-refractivity contribution in [3.05, 3.63) is 101 Å². The van der Waals surface area contributed by atoms with Crippen LogP contribution in [0.4, 0.5) is 5.13 Å². The van der Waals surface area contributed by atoms with Crippen molar-refractivity contribution >= 4 is 45.7 Å². The van der Waals surface area contributed by atoms with E-state index in [4.69, 9.17) is 9.47 Å². The van der Waals surface area contributed by atoms with Gasteiger partial charge in [0.25, 0.3) is 5.78 Å². The average Bonchev–Trinajstić information content (AvgIpc) is 3.71. The molecule has 1 aromatic heterocycles. The Morgan fingerprint density at radius 2 is 1.93 bits per heavy atom. The van der Waals surface area contributed by atoms with Crippen molar-refractivity contribution in [2.75, 3.05) is 11.5 Å². The van der Waals surface area contributed by atoms with Crippen molar-refractivity contribution in [2.45, 2.75) is 55.3 Å². The molecule has 3 heterocycles. The standard InChI is InChI=1S/C33H31N3O5S2/c1-3-4-15-40-25-12-8-11-22(18-25)28-27(29(37)23-13-14-26-24(17-23)16-20(2)41-26)30(38)31(39)36(28)32-34-35-33(43-32)42-19-21-9-6-5-7-10-21/h5-14,17-18,20,28,37H,3-4,15-16,19H2,1-2H3/b29-27+/t20-,28+/m1/s1. The second kappa shape index (κ2) is 12.6. The molecule has 10 heteroatoms. The molecule has 1 N–H and O–H groups in total. The minimum absolute atomic E-state index is 0.00342. The number of fused-ring (bicyclic) bond motifs is 1. The predicted octanol–water partition coefficient (Wildman–Crippen LogP) is 6.96. The molecular formula is C33H31N3O5S2. The zero-order chi connectivity index (χ0) is 29.9. The highest BCUT2D eigenvalue weighted by atomic mass is 32.2. The smallest absolute Gasteiger partial charge is 0.301 e. The van der Waals surface area contributed by atoms with Gasteiger partial charge in [-0.15, -0.1) is 10.2 Å². The number of nitrogens with zero attached hydrogens (tertiary/aromatic N) is 3. The third-order valence-corrected chi connectivity index (χ3v) is 9.49. The molecule has 0 spiro atoms. The Morgan fingerprint density at radius 1 is 1.09 bits per heavy atom. The molecule has 0 bridgehead atoms. The maximum Gasteiger partial charge on any atom is 0.301 e. The second-order valence-corrected chi connectivity index (χ2v) is 12.7. The molecule has 8 nitrogen and oxygen atoms in total. The molecule has 1 saturated heterocycles. The van der Waals surface area contributed by atoms with E-state index >= 15 is 0 Å². The molecule has 4 aromatic rings. The van der Waals surface area contributed by atoms with Gasteiger partial charge >= 0.3 is 5.91 Å². The van der Waals surface area contributed by atoms with Crippen LogP contribution in [0.25, 0.3) is 5.76 Å². The van der Waals surface area contributed by atoms with Gasteiger partial charge in [-0.2, -0.15) is 0 Å². The number of Topliss-reactive ketones (excluding diaryl/α,β-unsaturated/α-hetero) is 1. The van der Waals surface area contributed by atoms with Crippen LogP contribution in [0.15, 0.2) is 82.7 Å². The number of unbranched alkanes of at least 4 members (excludes halogenated alkanes) is 1. The van der Waals surface area contributed by atoms with Crippen molar-refractivity contribution < 1.29 is 24.2 Å². The summed E-state index contributed by atoms with van der Waals surface area (Å²) in [5, 5.41) is 20.6. The Hall–Kier alpha value is -4.15. The molecule has 0 aliphatic carbocycles. The van der Waals surface area contributed by atoms with Gasteiger partial charge in [-0.25, -0.2) is 0 Å². The normalized spacial score (nSPS) is 19.0. The SMILES string of the molecule is CCCCOc1cccc([C@H]2/C(=C(\O)c3ccc4c(c3)C[C@@H](C)O4)C(=O)C(=O)N2c2nnc(SCc3ccccc3)s2)c1. The highest BCUT2D eigenvalue weighted by molar-refractivity contribution is 8.00. The largest absolute Gasteiger partial charge is 0.507 e. The zero-order valence-electron chi connectivity index (χ0n) is 23.9. The van der Waals surface area contributed by atoms with Crippen molar-refractivity contribution in [2.24, 2.45) is 0 Å². The molecule has 0 saturated carbocycles. The van der Waals surface area contributed by atoms with E-state index < -0.39 is 17.7 Å². The van der Waals surface area contributed by atoms with Crippen LogP contribution in [-0.2, 0) is 21.8 Å². The van der Waals surface area contributed by atoms with Gasteiger partial charge in [0.2, 0.25) is 5.13 Å². The summed E-state index contributed by atoms with van der Waals surface area (Å²) in [5.74, 6) is 0.282. The fourth-order valence-corrected chi connectivity index (χ4v) is 7.08. The number of hydrogen-bond acceptors (Lipinski definition) is 9. The van der Waals surface area contributed by atoms with Crippen LogP contribution in [0.2, 0.25) is 0 Å². The van der Waals surface area contributed by atoms with E-state index in [1.807, 2.05) is 67.6 Å². The summed E-state index contributed by atoms with van der Waals surface area (Å²) in [5.41, 5.74) is 3.15. The number of amides is 1. The third kappa shape index (κ3) is 6.03. The van der Waals surface area contributed by atoms with E-state index in [2.05, 4.69) is 17.1 Å². The first kappa shape index (κ1) is 28.9. The first-order chi connectivity index (χ1) is 20.9. The van der Waals surface area contributed by atoms with Crippen molar-refractivity contribution in [3.8, 4) is 11.5 Å². The van der Waals surface area contributed by atoms with Crippen LogP contribution in [0.5, 0.6) is 11.5 Å². The first-order valence-electron chi connectivity index (χ1n) is 14.3. The predicted molar refractivity (Wildman–Crippen MR) is 168 cm³/mol. The summed E-state index contributed by atoms with van der Waals surface area (Å²) < 4.78 is 12.4. The monoisotopic (exact) mass is 613 g/mol. The molecule has 6 rings (SSSR count). The van der Waals surface area contributed by atoms with Crippen molar-refractivity contribution in [1.82, 2.24) is 10.2 Å². The van der Waals surface area contributed by atoms with Crippen LogP contribution in [0, 0.1) is 0 Å². The topological polar surface area (TPSA) is 102 Å². The lowest BCUT2D eigenvalue weighted by Gasteiger charge is -2.23.